The van der Waals surface area contributed by atoms with Crippen LogP contribution in [0.25, 0.3) is 0 Å². The van der Waals surface area contributed by atoms with Crippen LogP contribution in [0.2, 0.25) is 0 Å². The van der Waals surface area contributed by atoms with Gasteiger partial charge in [-0.05, 0) is 30.0 Å². The molecule has 0 bridgehead atoms. The molecule has 76 valence electrons. The predicted molar refractivity (Wildman–Crippen MR) is 59.3 cm³/mol. The maximum atomic E-state index is 10.6. The van der Waals surface area contributed by atoms with E-state index < -0.39 is 6.09 Å². The van der Waals surface area contributed by atoms with E-state index in [0.29, 0.717) is 5.69 Å². The Balaban J connectivity index is 2.77. The van der Waals surface area contributed by atoms with Gasteiger partial charge in [-0.2, -0.15) is 0 Å². The molecule has 0 radical (unpaired) electrons. The fraction of sp³-hybridized carbons (Fsp3) is 0.300. The Bertz CT molecular complexity index is 310. The van der Waals surface area contributed by atoms with E-state index in [2.05, 4.69) is 6.92 Å². The first kappa shape index (κ1) is 10.9. The number of benzene rings is 1. The Hall–Kier alpha value is -1.16. The molecule has 0 fully saturated rings. The summed E-state index contributed by atoms with van der Waals surface area (Å²) < 4.78 is 0. The highest BCUT2D eigenvalue weighted by Crippen LogP contribution is 2.21. The lowest BCUT2D eigenvalue weighted by atomic mass is 10.3. The predicted octanol–water partition coefficient (Wildman–Crippen LogP) is 2.91. The van der Waals surface area contributed by atoms with Crippen molar-refractivity contribution < 1.29 is 9.90 Å². The molecule has 0 aliphatic heterocycles. The van der Waals surface area contributed by atoms with E-state index in [9.17, 15) is 4.79 Å². The third-order valence-corrected chi connectivity index (χ3v) is 2.72. The van der Waals surface area contributed by atoms with Gasteiger partial charge in [-0.25, -0.2) is 4.79 Å². The molecule has 0 aliphatic carbocycles. The van der Waals surface area contributed by atoms with Crippen LogP contribution in [0, 0.1) is 0 Å². The molecular formula is C10H13NO2S. The number of nitrogens with zero attached hydrogens (tertiary/aromatic N) is 1. The van der Waals surface area contributed by atoms with Gasteiger partial charge in [-0.15, -0.1) is 11.8 Å². The lowest BCUT2D eigenvalue weighted by molar-refractivity contribution is 0.203. The van der Waals surface area contributed by atoms with Gasteiger partial charge in [0.1, 0.15) is 0 Å². The van der Waals surface area contributed by atoms with Crippen molar-refractivity contribution in [2.75, 3.05) is 17.7 Å². The van der Waals surface area contributed by atoms with Crippen LogP contribution < -0.4 is 4.90 Å². The Morgan fingerprint density at radius 3 is 2.43 bits per heavy atom. The van der Waals surface area contributed by atoms with Crippen molar-refractivity contribution in [3.8, 4) is 0 Å². The number of carbonyl (C=O) groups is 1. The number of carboxylic acid groups (broad SMARTS) is 1. The first-order valence-electron chi connectivity index (χ1n) is 4.34. The molecular weight excluding hydrogens is 198 g/mol. The van der Waals surface area contributed by atoms with E-state index in [1.165, 1.54) is 11.9 Å². The standard InChI is InChI=1S/C10H13NO2S/c1-3-14-9-6-4-8(5-7-9)11(2)10(12)13/h4-7H,3H2,1-2H3,(H,12,13). The monoisotopic (exact) mass is 211 g/mol. The van der Waals surface area contributed by atoms with E-state index in [0.717, 1.165) is 10.6 Å². The Morgan fingerprint density at radius 1 is 1.43 bits per heavy atom. The van der Waals surface area contributed by atoms with Crippen LogP contribution in [0.5, 0.6) is 0 Å². The number of hydrogen-bond acceptors (Lipinski definition) is 2. The molecule has 1 rings (SSSR count). The molecule has 14 heavy (non-hydrogen) atoms. The molecule has 0 spiro atoms. The smallest absolute Gasteiger partial charge is 0.411 e. The number of anilines is 1. The molecule has 0 heterocycles. The summed E-state index contributed by atoms with van der Waals surface area (Å²) in [5.41, 5.74) is 0.693. The molecule has 0 unspecified atom stereocenters. The maximum absolute atomic E-state index is 10.6. The van der Waals surface area contributed by atoms with Crippen molar-refractivity contribution in [3.63, 3.8) is 0 Å². The summed E-state index contributed by atoms with van der Waals surface area (Å²) in [7, 11) is 1.53. The van der Waals surface area contributed by atoms with Crippen molar-refractivity contribution in [1.29, 1.82) is 0 Å². The van der Waals surface area contributed by atoms with E-state index in [1.54, 1.807) is 11.8 Å². The molecule has 3 nitrogen and oxygen atoms in total. The summed E-state index contributed by atoms with van der Waals surface area (Å²) in [6, 6.07) is 7.49. The second-order valence-electron chi connectivity index (χ2n) is 2.77. The fourth-order valence-corrected chi connectivity index (χ4v) is 1.70. The quantitative estimate of drug-likeness (QED) is 0.781. The van der Waals surface area contributed by atoms with Crippen LogP contribution in [-0.2, 0) is 0 Å². The molecule has 0 aliphatic rings. The second kappa shape index (κ2) is 4.91. The highest BCUT2D eigenvalue weighted by molar-refractivity contribution is 7.99. The first-order chi connectivity index (χ1) is 6.65. The zero-order valence-electron chi connectivity index (χ0n) is 8.23. The van der Waals surface area contributed by atoms with Gasteiger partial charge >= 0.3 is 6.09 Å². The fourth-order valence-electron chi connectivity index (χ4n) is 1.04. The van der Waals surface area contributed by atoms with Crippen molar-refractivity contribution in [2.45, 2.75) is 11.8 Å². The van der Waals surface area contributed by atoms with Gasteiger partial charge in [0.25, 0.3) is 0 Å². The van der Waals surface area contributed by atoms with Crippen molar-refractivity contribution in [3.05, 3.63) is 24.3 Å². The van der Waals surface area contributed by atoms with Crippen LogP contribution >= 0.6 is 11.8 Å². The molecule has 0 saturated heterocycles. The molecule has 0 aromatic heterocycles. The zero-order chi connectivity index (χ0) is 10.6. The van der Waals surface area contributed by atoms with Crippen LogP contribution in [0.4, 0.5) is 10.5 Å². The molecule has 1 N–H and O–H groups in total. The Kier molecular flexibility index (Phi) is 3.83. The van der Waals surface area contributed by atoms with Gasteiger partial charge in [0.05, 0.1) is 0 Å². The number of amides is 1. The lowest BCUT2D eigenvalue weighted by Crippen LogP contribution is -2.23. The SMILES string of the molecule is CCSc1ccc(N(C)C(=O)O)cc1. The molecule has 0 atom stereocenters. The maximum Gasteiger partial charge on any atom is 0.411 e. The number of thioether (sulfide) groups is 1. The van der Waals surface area contributed by atoms with Crippen LogP contribution in [0.3, 0.4) is 0 Å². The van der Waals surface area contributed by atoms with Gasteiger partial charge < -0.3 is 5.11 Å². The third kappa shape index (κ3) is 2.67. The lowest BCUT2D eigenvalue weighted by Gasteiger charge is -2.12. The number of rotatable bonds is 3. The summed E-state index contributed by atoms with van der Waals surface area (Å²) in [5, 5.41) is 8.73. The summed E-state index contributed by atoms with van der Waals surface area (Å²) >= 11 is 1.74. The van der Waals surface area contributed by atoms with E-state index in [1.807, 2.05) is 24.3 Å². The van der Waals surface area contributed by atoms with Crippen LogP contribution in [0.1, 0.15) is 6.92 Å². The van der Waals surface area contributed by atoms with Crippen molar-refractivity contribution >= 4 is 23.5 Å². The van der Waals surface area contributed by atoms with Gasteiger partial charge in [0.2, 0.25) is 0 Å². The molecule has 1 aromatic carbocycles. The largest absolute Gasteiger partial charge is 0.465 e. The Morgan fingerprint density at radius 2 is 2.00 bits per heavy atom. The minimum atomic E-state index is -0.944. The highest BCUT2D eigenvalue weighted by Gasteiger charge is 2.07. The highest BCUT2D eigenvalue weighted by atomic mass is 32.2. The molecule has 0 saturated carbocycles. The molecule has 1 amide bonds. The normalized spacial score (nSPS) is 9.86. The second-order valence-corrected chi connectivity index (χ2v) is 4.11. The Labute approximate surface area is 87.7 Å². The van der Waals surface area contributed by atoms with E-state index in [4.69, 9.17) is 5.11 Å². The summed E-state index contributed by atoms with van der Waals surface area (Å²) in [6.07, 6.45) is -0.944. The van der Waals surface area contributed by atoms with Crippen LogP contribution in [0.15, 0.2) is 29.2 Å². The van der Waals surface area contributed by atoms with Gasteiger partial charge in [0, 0.05) is 17.6 Å². The van der Waals surface area contributed by atoms with E-state index in [-0.39, 0.29) is 0 Å². The topological polar surface area (TPSA) is 40.5 Å². The molecule has 1 aromatic rings. The van der Waals surface area contributed by atoms with Crippen molar-refractivity contribution in [2.24, 2.45) is 0 Å². The minimum absolute atomic E-state index is 0.693. The average Bonchev–Trinajstić information content (AvgIpc) is 2.18. The van der Waals surface area contributed by atoms with Gasteiger partial charge in [-0.3, -0.25) is 4.90 Å². The van der Waals surface area contributed by atoms with Gasteiger partial charge in [-0.1, -0.05) is 6.92 Å². The van der Waals surface area contributed by atoms with Crippen LogP contribution in [-0.4, -0.2) is 24.0 Å². The van der Waals surface area contributed by atoms with Gasteiger partial charge in [0.15, 0.2) is 0 Å². The summed E-state index contributed by atoms with van der Waals surface area (Å²) in [6.45, 7) is 2.09. The van der Waals surface area contributed by atoms with E-state index >= 15 is 0 Å². The first-order valence-corrected chi connectivity index (χ1v) is 5.33. The van der Waals surface area contributed by atoms with Crippen molar-refractivity contribution in [1.82, 2.24) is 0 Å². The third-order valence-electron chi connectivity index (χ3n) is 1.82. The average molecular weight is 211 g/mol. The summed E-state index contributed by atoms with van der Waals surface area (Å²) in [5.74, 6) is 1.02. The molecule has 4 heteroatoms. The zero-order valence-corrected chi connectivity index (χ0v) is 9.04. The number of hydrogen-bond donors (Lipinski definition) is 1. The summed E-state index contributed by atoms with van der Waals surface area (Å²) in [4.78, 5) is 13.0. The minimum Gasteiger partial charge on any atom is -0.465 e.